The number of halogens is 1. The molecule has 0 spiro atoms. The zero-order valence-corrected chi connectivity index (χ0v) is 12.8. The number of benzene rings is 1. The number of aryl methyl sites for hydroxylation is 1. The Morgan fingerprint density at radius 2 is 2.25 bits per heavy atom. The van der Waals surface area contributed by atoms with Crippen LogP contribution in [0.3, 0.4) is 0 Å². The van der Waals surface area contributed by atoms with Gasteiger partial charge in [0.1, 0.15) is 11.6 Å². The van der Waals surface area contributed by atoms with E-state index in [1.165, 1.54) is 0 Å². The van der Waals surface area contributed by atoms with Crippen molar-refractivity contribution in [1.29, 1.82) is 0 Å². The quantitative estimate of drug-likeness (QED) is 0.889. The number of hydrogen-bond acceptors (Lipinski definition) is 3. The maximum absolute atomic E-state index is 6.14. The smallest absolute Gasteiger partial charge is 0.130 e. The Kier molecular flexibility index (Phi) is 5.04. The minimum absolute atomic E-state index is 0.0383. The average molecular weight is 294 g/mol. The maximum atomic E-state index is 6.14. The van der Waals surface area contributed by atoms with E-state index in [0.717, 1.165) is 30.1 Å². The molecule has 0 aliphatic carbocycles. The number of hydrogen-bond donors (Lipinski definition) is 1. The van der Waals surface area contributed by atoms with E-state index < -0.39 is 0 Å². The van der Waals surface area contributed by atoms with Gasteiger partial charge in [-0.1, -0.05) is 18.5 Å². The molecule has 108 valence electrons. The van der Waals surface area contributed by atoms with E-state index in [9.17, 15) is 0 Å². The van der Waals surface area contributed by atoms with Gasteiger partial charge in [0.25, 0.3) is 0 Å². The number of nitrogens with one attached hydrogen (secondary N) is 1. The molecule has 5 heteroatoms. The third kappa shape index (κ3) is 3.14. The van der Waals surface area contributed by atoms with Crippen LogP contribution in [0.25, 0.3) is 0 Å². The van der Waals surface area contributed by atoms with Gasteiger partial charge in [-0.15, -0.1) is 0 Å². The van der Waals surface area contributed by atoms with Crippen LogP contribution < -0.4 is 10.1 Å². The van der Waals surface area contributed by atoms with Gasteiger partial charge in [0, 0.05) is 30.0 Å². The zero-order chi connectivity index (χ0) is 14.5. The van der Waals surface area contributed by atoms with Crippen LogP contribution in [0, 0.1) is 0 Å². The summed E-state index contributed by atoms with van der Waals surface area (Å²) >= 11 is 6.14. The molecular formula is C15H20ClN3O. The number of imidazole rings is 1. The van der Waals surface area contributed by atoms with E-state index >= 15 is 0 Å². The first-order valence-corrected chi connectivity index (χ1v) is 7.09. The third-order valence-electron chi connectivity index (χ3n) is 3.22. The van der Waals surface area contributed by atoms with Gasteiger partial charge in [0.15, 0.2) is 0 Å². The molecule has 0 radical (unpaired) electrons. The lowest BCUT2D eigenvalue weighted by Crippen LogP contribution is -2.26. The van der Waals surface area contributed by atoms with Gasteiger partial charge < -0.3 is 14.6 Å². The predicted molar refractivity (Wildman–Crippen MR) is 81.3 cm³/mol. The fraction of sp³-hybridized carbons (Fsp3) is 0.400. The maximum Gasteiger partial charge on any atom is 0.130 e. The van der Waals surface area contributed by atoms with E-state index in [1.54, 1.807) is 13.3 Å². The van der Waals surface area contributed by atoms with E-state index in [-0.39, 0.29) is 6.04 Å². The van der Waals surface area contributed by atoms with Crippen molar-refractivity contribution in [2.75, 3.05) is 13.7 Å². The third-order valence-corrected chi connectivity index (χ3v) is 3.45. The Morgan fingerprint density at radius 1 is 1.45 bits per heavy atom. The summed E-state index contributed by atoms with van der Waals surface area (Å²) in [7, 11) is 3.65. The molecule has 0 aliphatic rings. The molecular weight excluding hydrogens is 274 g/mol. The van der Waals surface area contributed by atoms with Gasteiger partial charge in [0.05, 0.1) is 13.2 Å². The molecule has 0 saturated carbocycles. The van der Waals surface area contributed by atoms with Crippen LogP contribution in [0.15, 0.2) is 30.6 Å². The highest BCUT2D eigenvalue weighted by atomic mass is 35.5. The number of rotatable bonds is 6. The molecule has 2 rings (SSSR count). The summed E-state index contributed by atoms with van der Waals surface area (Å²) in [6.45, 7) is 3.03. The molecule has 0 aliphatic heterocycles. The van der Waals surface area contributed by atoms with Gasteiger partial charge >= 0.3 is 0 Å². The van der Waals surface area contributed by atoms with E-state index in [1.807, 2.05) is 36.0 Å². The van der Waals surface area contributed by atoms with Crippen molar-refractivity contribution in [3.63, 3.8) is 0 Å². The van der Waals surface area contributed by atoms with Crippen LogP contribution in [-0.4, -0.2) is 23.2 Å². The summed E-state index contributed by atoms with van der Waals surface area (Å²) in [5.41, 5.74) is 1.00. The summed E-state index contributed by atoms with van der Waals surface area (Å²) in [5, 5.41) is 4.20. The minimum atomic E-state index is -0.0383. The van der Waals surface area contributed by atoms with E-state index in [4.69, 9.17) is 16.3 Å². The Hall–Kier alpha value is -1.52. The summed E-state index contributed by atoms with van der Waals surface area (Å²) in [5.74, 6) is 1.75. The van der Waals surface area contributed by atoms with Crippen LogP contribution in [0.1, 0.15) is 30.8 Å². The van der Waals surface area contributed by atoms with Crippen LogP contribution in [0.5, 0.6) is 5.75 Å². The highest BCUT2D eigenvalue weighted by Gasteiger charge is 2.21. The Morgan fingerprint density at radius 3 is 2.85 bits per heavy atom. The first kappa shape index (κ1) is 14.9. The molecule has 0 fully saturated rings. The first-order valence-electron chi connectivity index (χ1n) is 6.71. The number of methoxy groups -OCH3 is 1. The summed E-state index contributed by atoms with van der Waals surface area (Å²) in [6.07, 6.45) is 4.78. The van der Waals surface area contributed by atoms with Crippen molar-refractivity contribution < 1.29 is 4.74 Å². The van der Waals surface area contributed by atoms with Gasteiger partial charge in [0.2, 0.25) is 0 Å². The number of aromatic nitrogens is 2. The topological polar surface area (TPSA) is 39.1 Å². The van der Waals surface area contributed by atoms with Gasteiger partial charge in [-0.05, 0) is 31.2 Å². The molecule has 1 aromatic heterocycles. The fourth-order valence-electron chi connectivity index (χ4n) is 2.22. The molecule has 4 nitrogen and oxygen atoms in total. The second kappa shape index (κ2) is 6.77. The summed E-state index contributed by atoms with van der Waals surface area (Å²) in [4.78, 5) is 4.45. The van der Waals surface area contributed by atoms with Crippen molar-refractivity contribution >= 4 is 11.6 Å². The number of ether oxygens (including phenoxy) is 1. The van der Waals surface area contributed by atoms with Crippen LogP contribution in [0.4, 0.5) is 0 Å². The lowest BCUT2D eigenvalue weighted by molar-refractivity contribution is 0.401. The molecule has 2 aromatic rings. The molecule has 0 saturated heterocycles. The molecule has 1 heterocycles. The standard InChI is InChI=1S/C15H20ClN3O/c1-4-7-17-14(15-18-8-9-19(15)2)12-10-11(16)5-6-13(12)20-3/h5-6,8-10,14,17H,4,7H2,1-3H3. The first-order chi connectivity index (χ1) is 9.67. The van der Waals surface area contributed by atoms with Crippen LogP contribution in [0.2, 0.25) is 5.02 Å². The Balaban J connectivity index is 2.46. The Bertz CT molecular complexity index is 568. The van der Waals surface area contributed by atoms with Gasteiger partial charge in [-0.2, -0.15) is 0 Å². The molecule has 0 amide bonds. The van der Waals surface area contributed by atoms with Gasteiger partial charge in [-0.3, -0.25) is 0 Å². The molecule has 1 N–H and O–H groups in total. The van der Waals surface area contributed by atoms with Gasteiger partial charge in [-0.25, -0.2) is 4.98 Å². The van der Waals surface area contributed by atoms with Crippen molar-refractivity contribution in [2.24, 2.45) is 7.05 Å². The molecule has 1 atom stereocenters. The van der Waals surface area contributed by atoms with E-state index in [2.05, 4.69) is 17.2 Å². The zero-order valence-electron chi connectivity index (χ0n) is 12.1. The second-order valence-corrected chi connectivity index (χ2v) is 5.11. The lowest BCUT2D eigenvalue weighted by Gasteiger charge is -2.21. The monoisotopic (exact) mass is 293 g/mol. The normalized spacial score (nSPS) is 12.4. The molecule has 1 aromatic carbocycles. The number of nitrogens with zero attached hydrogens (tertiary/aromatic N) is 2. The van der Waals surface area contributed by atoms with Crippen LogP contribution >= 0.6 is 11.6 Å². The molecule has 1 unspecified atom stereocenters. The van der Waals surface area contributed by atoms with Crippen molar-refractivity contribution in [2.45, 2.75) is 19.4 Å². The second-order valence-electron chi connectivity index (χ2n) is 4.67. The SMILES string of the molecule is CCCNC(c1cc(Cl)ccc1OC)c1nccn1C. The fourth-order valence-corrected chi connectivity index (χ4v) is 2.40. The van der Waals surface area contributed by atoms with Crippen molar-refractivity contribution in [3.8, 4) is 5.75 Å². The summed E-state index contributed by atoms with van der Waals surface area (Å²) in [6, 6.07) is 5.62. The predicted octanol–water partition coefficient (Wildman–Crippen LogP) is 3.17. The van der Waals surface area contributed by atoms with E-state index in [0.29, 0.717) is 5.02 Å². The average Bonchev–Trinajstić information content (AvgIpc) is 2.86. The highest BCUT2D eigenvalue weighted by molar-refractivity contribution is 6.30. The molecule has 20 heavy (non-hydrogen) atoms. The minimum Gasteiger partial charge on any atom is -0.496 e. The Labute approximate surface area is 124 Å². The summed E-state index contributed by atoms with van der Waals surface area (Å²) < 4.78 is 7.47. The largest absolute Gasteiger partial charge is 0.496 e. The lowest BCUT2D eigenvalue weighted by atomic mass is 10.0. The van der Waals surface area contributed by atoms with Crippen molar-refractivity contribution in [1.82, 2.24) is 14.9 Å². The molecule has 0 bridgehead atoms. The van der Waals surface area contributed by atoms with Crippen LogP contribution in [-0.2, 0) is 7.05 Å². The highest BCUT2D eigenvalue weighted by Crippen LogP contribution is 2.31. The van der Waals surface area contributed by atoms with Crippen molar-refractivity contribution in [3.05, 3.63) is 47.0 Å².